The highest BCUT2D eigenvalue weighted by atomic mass is 16.3. The Morgan fingerprint density at radius 3 is 2.11 bits per heavy atom. The van der Waals surface area contributed by atoms with E-state index in [0.29, 0.717) is 5.92 Å². The first-order chi connectivity index (χ1) is 16.6. The van der Waals surface area contributed by atoms with Gasteiger partial charge in [-0.2, -0.15) is 0 Å². The van der Waals surface area contributed by atoms with E-state index in [2.05, 4.69) is 54.5 Å². The molecule has 0 bridgehead atoms. The summed E-state index contributed by atoms with van der Waals surface area (Å²) in [6.07, 6.45) is 6.76. The van der Waals surface area contributed by atoms with Gasteiger partial charge in [-0.05, 0) is 90.3 Å². The number of hydrogen-bond donors (Lipinski definition) is 5. The smallest absolute Gasteiger partial charge is 0.0867 e. The van der Waals surface area contributed by atoms with Crippen LogP contribution in [-0.4, -0.2) is 57.1 Å². The molecule has 0 aromatic carbocycles. The summed E-state index contributed by atoms with van der Waals surface area (Å²) < 4.78 is 0. The van der Waals surface area contributed by atoms with Crippen molar-refractivity contribution >= 4 is 0 Å². The van der Waals surface area contributed by atoms with Crippen LogP contribution in [0.25, 0.3) is 0 Å². The molecule has 0 aliphatic heterocycles. The first-order valence-corrected chi connectivity index (χ1v) is 14.5. The van der Waals surface area contributed by atoms with Crippen LogP contribution in [-0.2, 0) is 0 Å². The lowest BCUT2D eigenvalue weighted by molar-refractivity contribution is -0.240. The van der Waals surface area contributed by atoms with Crippen molar-refractivity contribution < 1.29 is 25.5 Å². The normalized spacial score (nSPS) is 58.1. The van der Waals surface area contributed by atoms with E-state index in [9.17, 15) is 25.5 Å². The molecule has 0 aromatic heterocycles. The van der Waals surface area contributed by atoms with Crippen LogP contribution in [0.1, 0.15) is 93.4 Å². The summed E-state index contributed by atoms with van der Waals surface area (Å²) in [4.78, 5) is 0. The lowest BCUT2D eigenvalue weighted by Gasteiger charge is -2.73. The van der Waals surface area contributed by atoms with Crippen LogP contribution in [0.4, 0.5) is 0 Å². The van der Waals surface area contributed by atoms with E-state index in [1.165, 1.54) is 5.57 Å². The second-order valence-electron chi connectivity index (χ2n) is 15.6. The van der Waals surface area contributed by atoms with Crippen molar-refractivity contribution in [3.8, 4) is 0 Å². The Hall–Kier alpha value is -0.460. The Balaban J connectivity index is 1.63. The van der Waals surface area contributed by atoms with E-state index in [1.807, 2.05) is 0 Å². The fraction of sp³-hybridized carbons (Fsp3) is 0.935. The monoisotopic (exact) mass is 504 g/mol. The number of hydrogen-bond acceptors (Lipinski definition) is 5. The van der Waals surface area contributed by atoms with Crippen LogP contribution < -0.4 is 0 Å². The highest BCUT2D eigenvalue weighted by Gasteiger charge is 2.71. The highest BCUT2D eigenvalue weighted by molar-refractivity contribution is 5.35. The Bertz CT molecular complexity index is 930. The zero-order valence-electron chi connectivity index (χ0n) is 23.7. The molecule has 3 unspecified atom stereocenters. The van der Waals surface area contributed by atoms with E-state index in [4.69, 9.17) is 0 Å². The van der Waals surface area contributed by atoms with Gasteiger partial charge in [-0.3, -0.25) is 0 Å². The lowest BCUT2D eigenvalue weighted by atomic mass is 9.32. The highest BCUT2D eigenvalue weighted by Crippen LogP contribution is 2.76. The molecule has 36 heavy (non-hydrogen) atoms. The first-order valence-electron chi connectivity index (χ1n) is 14.5. The van der Waals surface area contributed by atoms with Crippen molar-refractivity contribution in [1.82, 2.24) is 0 Å². The molecule has 4 fully saturated rings. The van der Waals surface area contributed by atoms with Gasteiger partial charge in [-0.25, -0.2) is 0 Å². The van der Waals surface area contributed by atoms with Crippen molar-refractivity contribution in [2.45, 2.75) is 112 Å². The molecular formula is C31H52O5. The lowest BCUT2D eigenvalue weighted by Crippen LogP contribution is -2.69. The van der Waals surface area contributed by atoms with Crippen LogP contribution in [0.5, 0.6) is 0 Å². The van der Waals surface area contributed by atoms with Crippen molar-refractivity contribution in [3.05, 3.63) is 11.6 Å². The van der Waals surface area contributed by atoms with E-state index in [0.717, 1.165) is 44.9 Å². The molecule has 0 spiro atoms. The van der Waals surface area contributed by atoms with Crippen molar-refractivity contribution in [2.75, 3.05) is 13.2 Å². The zero-order chi connectivity index (χ0) is 26.7. The molecule has 0 heterocycles. The maximum absolute atomic E-state index is 11.5. The summed E-state index contributed by atoms with van der Waals surface area (Å²) in [5.74, 6) is 0.763. The van der Waals surface area contributed by atoms with Gasteiger partial charge in [-0.1, -0.05) is 60.1 Å². The average molecular weight is 505 g/mol. The number of aliphatic hydroxyl groups is 5. The maximum Gasteiger partial charge on any atom is 0.0867 e. The molecule has 0 amide bonds. The minimum atomic E-state index is -0.863. The molecule has 5 nitrogen and oxygen atoms in total. The van der Waals surface area contributed by atoms with Gasteiger partial charge < -0.3 is 25.5 Å². The predicted octanol–water partition coefficient (Wildman–Crippen LogP) is 4.30. The molecule has 5 heteroatoms. The topological polar surface area (TPSA) is 101 Å². The van der Waals surface area contributed by atoms with Gasteiger partial charge in [0, 0.05) is 17.4 Å². The average Bonchev–Trinajstić information content (AvgIpc) is 2.82. The maximum atomic E-state index is 11.5. The Morgan fingerprint density at radius 1 is 0.833 bits per heavy atom. The third kappa shape index (κ3) is 3.01. The number of aliphatic hydroxyl groups excluding tert-OH is 5. The number of rotatable bonds is 2. The van der Waals surface area contributed by atoms with Crippen LogP contribution in [0.3, 0.4) is 0 Å². The van der Waals surface area contributed by atoms with Crippen molar-refractivity contribution in [2.24, 2.45) is 56.2 Å². The second-order valence-corrected chi connectivity index (χ2v) is 15.6. The largest absolute Gasteiger partial charge is 0.396 e. The summed E-state index contributed by atoms with van der Waals surface area (Å²) >= 11 is 0. The van der Waals surface area contributed by atoms with Gasteiger partial charge in [0.15, 0.2) is 0 Å². The van der Waals surface area contributed by atoms with Crippen molar-refractivity contribution in [3.63, 3.8) is 0 Å². The zero-order valence-corrected chi connectivity index (χ0v) is 23.7. The molecule has 4 saturated carbocycles. The fourth-order valence-corrected chi connectivity index (χ4v) is 11.2. The van der Waals surface area contributed by atoms with E-state index >= 15 is 0 Å². The molecule has 0 aromatic rings. The number of fused-ring (bicyclic) bond motifs is 7. The summed E-state index contributed by atoms with van der Waals surface area (Å²) in [6, 6.07) is 0. The van der Waals surface area contributed by atoms with Gasteiger partial charge in [0.2, 0.25) is 0 Å². The van der Waals surface area contributed by atoms with Gasteiger partial charge in [-0.15, -0.1) is 0 Å². The van der Waals surface area contributed by atoms with Gasteiger partial charge in [0.25, 0.3) is 0 Å². The molecule has 5 N–H and O–H groups in total. The van der Waals surface area contributed by atoms with E-state index in [-0.39, 0.29) is 47.2 Å². The summed E-state index contributed by atoms with van der Waals surface area (Å²) in [7, 11) is 0. The summed E-state index contributed by atoms with van der Waals surface area (Å²) in [5.41, 5.74) is -0.00455. The second kappa shape index (κ2) is 8.03. The SMILES string of the molecule is CC1(C)CC2C3=CCC4[C@@]5(C)CC[C@H](O)[C@](C)(CO)C5CC[C@@]4(C)[C@]3(C)C[C@@H](CO)[C@@]2(C)[C@@H](O)[C@@H]1O. The third-order valence-electron chi connectivity index (χ3n) is 14.0. The van der Waals surface area contributed by atoms with Gasteiger partial charge in [0.05, 0.1) is 24.9 Å². The molecule has 206 valence electrons. The van der Waals surface area contributed by atoms with Gasteiger partial charge in [0.1, 0.15) is 0 Å². The summed E-state index contributed by atoms with van der Waals surface area (Å²) in [5, 5.41) is 54.7. The van der Waals surface area contributed by atoms with E-state index in [1.54, 1.807) is 0 Å². The first kappa shape index (κ1) is 27.1. The summed E-state index contributed by atoms with van der Waals surface area (Å²) in [6.45, 7) is 15.8. The van der Waals surface area contributed by atoms with Crippen molar-refractivity contribution in [1.29, 1.82) is 0 Å². The predicted molar refractivity (Wildman–Crippen MR) is 141 cm³/mol. The van der Waals surface area contributed by atoms with Crippen LogP contribution >= 0.6 is 0 Å². The minimum absolute atomic E-state index is 0.0233. The van der Waals surface area contributed by atoms with Crippen LogP contribution in [0.2, 0.25) is 0 Å². The number of allylic oxidation sites excluding steroid dienone is 2. The molecular weight excluding hydrogens is 452 g/mol. The van der Waals surface area contributed by atoms with E-state index < -0.39 is 34.6 Å². The molecule has 0 radical (unpaired) electrons. The molecule has 0 saturated heterocycles. The fourth-order valence-electron chi connectivity index (χ4n) is 11.2. The Labute approximate surface area is 218 Å². The molecule has 5 aliphatic carbocycles. The third-order valence-corrected chi connectivity index (χ3v) is 14.0. The molecule has 5 rings (SSSR count). The quantitative estimate of drug-likeness (QED) is 0.361. The van der Waals surface area contributed by atoms with Gasteiger partial charge >= 0.3 is 0 Å². The Kier molecular flexibility index (Phi) is 6.05. The minimum Gasteiger partial charge on any atom is -0.396 e. The molecule has 12 atom stereocenters. The standard InChI is InChI=1S/C31H52O5/c1-26(2)15-20-19-8-9-22-27(3)12-11-23(34)28(4,17-33)21(27)10-13-29(22,5)30(19,6)14-18(16-32)31(20,7)25(36)24(26)35/h8,18,20-25,32-36H,9-17H2,1-7H3/t18-,20?,21?,22?,23-,24-,25-,27-,28+,29+,30+,31+/m0/s1. The van der Waals surface area contributed by atoms with Crippen LogP contribution in [0.15, 0.2) is 11.6 Å². The molecule has 5 aliphatic rings. The van der Waals surface area contributed by atoms with Crippen LogP contribution in [0, 0.1) is 56.2 Å². The Morgan fingerprint density at radius 2 is 1.50 bits per heavy atom.